The van der Waals surface area contributed by atoms with Crippen LogP contribution in [0.5, 0.6) is 11.5 Å². The van der Waals surface area contributed by atoms with E-state index in [1.165, 1.54) is 0 Å². The summed E-state index contributed by atoms with van der Waals surface area (Å²) in [5.74, 6) is 1.15. The summed E-state index contributed by atoms with van der Waals surface area (Å²) >= 11 is 4.36. The van der Waals surface area contributed by atoms with Gasteiger partial charge >= 0.3 is 0 Å². The average Bonchev–Trinajstić information content (AvgIpc) is 3.01. The van der Waals surface area contributed by atoms with E-state index in [0.29, 0.717) is 53.8 Å². The molecule has 7 nitrogen and oxygen atoms in total. The Kier molecular flexibility index (Phi) is 8.64. The van der Waals surface area contributed by atoms with Crippen LogP contribution >= 0.6 is 27.7 Å². The van der Waals surface area contributed by atoms with Gasteiger partial charge in [-0.3, -0.25) is 19.3 Å². The number of imide groups is 1. The zero-order valence-electron chi connectivity index (χ0n) is 18.7. The first kappa shape index (κ1) is 24.6. The highest BCUT2D eigenvalue weighted by Gasteiger charge is 2.37. The number of ether oxygens (including phenoxy) is 2. The number of piperidine rings is 1. The first-order chi connectivity index (χ1) is 15.3. The number of carbonyl (C=O) groups is 3. The summed E-state index contributed by atoms with van der Waals surface area (Å²) < 4.78 is 12.2. The maximum Gasteiger partial charge on any atom is 0.294 e. The van der Waals surface area contributed by atoms with Gasteiger partial charge in [0.1, 0.15) is 6.54 Å². The minimum absolute atomic E-state index is 0.181. The molecule has 0 aromatic heterocycles. The van der Waals surface area contributed by atoms with E-state index in [0.717, 1.165) is 35.9 Å². The van der Waals surface area contributed by atoms with E-state index < -0.39 is 11.1 Å². The van der Waals surface area contributed by atoms with Crippen LogP contribution in [0.1, 0.15) is 45.6 Å². The van der Waals surface area contributed by atoms with Crippen molar-refractivity contribution in [1.29, 1.82) is 0 Å². The number of nitrogens with zero attached hydrogens (tertiary/aromatic N) is 2. The lowest BCUT2D eigenvalue weighted by atomic mass is 9.99. The number of halogens is 1. The third-order valence-electron chi connectivity index (χ3n) is 5.38. The molecule has 2 saturated heterocycles. The molecule has 0 unspecified atom stereocenters. The summed E-state index contributed by atoms with van der Waals surface area (Å²) in [4.78, 5) is 41.0. The molecule has 3 amide bonds. The zero-order chi connectivity index (χ0) is 23.3. The van der Waals surface area contributed by atoms with E-state index in [4.69, 9.17) is 9.47 Å². The molecule has 9 heteroatoms. The van der Waals surface area contributed by atoms with Crippen LogP contribution in [0, 0.1) is 5.92 Å². The number of amides is 3. The number of rotatable bonds is 8. The van der Waals surface area contributed by atoms with Gasteiger partial charge in [0.15, 0.2) is 11.5 Å². The van der Waals surface area contributed by atoms with Crippen LogP contribution in [0.25, 0.3) is 6.08 Å². The second kappa shape index (κ2) is 11.2. The Morgan fingerprint density at radius 1 is 1.22 bits per heavy atom. The average molecular weight is 525 g/mol. The molecule has 3 rings (SSSR count). The first-order valence-electron chi connectivity index (χ1n) is 11.0. The van der Waals surface area contributed by atoms with Crippen LogP contribution in [0.4, 0.5) is 4.79 Å². The predicted octanol–water partition coefficient (Wildman–Crippen LogP) is 4.93. The largest absolute Gasteiger partial charge is 0.490 e. The molecule has 1 aromatic rings. The maximum absolute atomic E-state index is 12.9. The van der Waals surface area contributed by atoms with Crippen molar-refractivity contribution in [2.45, 2.75) is 40.0 Å². The van der Waals surface area contributed by atoms with Crippen molar-refractivity contribution in [3.63, 3.8) is 0 Å². The molecule has 0 aliphatic carbocycles. The van der Waals surface area contributed by atoms with Gasteiger partial charge in [-0.25, -0.2) is 0 Å². The standard InChI is InChI=1S/C23H29BrN2O5S/c1-4-10-31-21-17(24)11-16(12-18(21)30-5-2)13-19-22(28)26(23(29)32-19)14-20(27)25-8-6-15(3)7-9-25/h11-13,15H,4-10,14H2,1-3H3/b19-13-. The van der Waals surface area contributed by atoms with Crippen LogP contribution in [-0.2, 0) is 9.59 Å². The molecular formula is C23H29BrN2O5S. The Bertz CT molecular complexity index is 912. The fourth-order valence-electron chi connectivity index (χ4n) is 3.56. The van der Waals surface area contributed by atoms with Crippen molar-refractivity contribution in [3.8, 4) is 11.5 Å². The van der Waals surface area contributed by atoms with Crippen molar-refractivity contribution in [3.05, 3.63) is 27.1 Å². The van der Waals surface area contributed by atoms with E-state index in [9.17, 15) is 14.4 Å². The predicted molar refractivity (Wildman–Crippen MR) is 129 cm³/mol. The second-order valence-electron chi connectivity index (χ2n) is 7.94. The molecule has 174 valence electrons. The van der Waals surface area contributed by atoms with Gasteiger partial charge in [0, 0.05) is 13.1 Å². The van der Waals surface area contributed by atoms with Crippen molar-refractivity contribution >= 4 is 50.8 Å². The van der Waals surface area contributed by atoms with Gasteiger partial charge in [-0.1, -0.05) is 13.8 Å². The van der Waals surface area contributed by atoms with Crippen LogP contribution in [-0.4, -0.2) is 59.7 Å². The summed E-state index contributed by atoms with van der Waals surface area (Å²) in [5.41, 5.74) is 0.700. The van der Waals surface area contributed by atoms with Gasteiger partial charge in [0.25, 0.3) is 11.1 Å². The first-order valence-corrected chi connectivity index (χ1v) is 12.6. The zero-order valence-corrected chi connectivity index (χ0v) is 21.1. The number of hydrogen-bond donors (Lipinski definition) is 0. The second-order valence-corrected chi connectivity index (χ2v) is 9.79. The van der Waals surface area contributed by atoms with Gasteiger partial charge < -0.3 is 14.4 Å². The molecule has 0 bridgehead atoms. The van der Waals surface area contributed by atoms with Gasteiger partial charge in [-0.05, 0) is 83.6 Å². The number of hydrogen-bond acceptors (Lipinski definition) is 6. The molecule has 1 aromatic carbocycles. The summed E-state index contributed by atoms with van der Waals surface area (Å²) in [6, 6.07) is 3.61. The third-order valence-corrected chi connectivity index (χ3v) is 6.88. The highest BCUT2D eigenvalue weighted by Crippen LogP contribution is 2.39. The normalized spacial score (nSPS) is 18.6. The fraction of sp³-hybridized carbons (Fsp3) is 0.522. The van der Waals surface area contributed by atoms with Crippen LogP contribution in [0.3, 0.4) is 0 Å². The molecule has 2 aliphatic rings. The molecule has 2 aliphatic heterocycles. The molecule has 0 spiro atoms. The molecular weight excluding hydrogens is 496 g/mol. The van der Waals surface area contributed by atoms with Crippen LogP contribution in [0.15, 0.2) is 21.5 Å². The highest BCUT2D eigenvalue weighted by atomic mass is 79.9. The molecule has 0 N–H and O–H groups in total. The van der Waals surface area contributed by atoms with E-state index in [-0.39, 0.29) is 17.4 Å². The smallest absolute Gasteiger partial charge is 0.294 e. The van der Waals surface area contributed by atoms with E-state index in [1.54, 1.807) is 17.0 Å². The lowest BCUT2D eigenvalue weighted by molar-refractivity contribution is -0.136. The van der Waals surface area contributed by atoms with E-state index >= 15 is 0 Å². The Hall–Kier alpha value is -2.00. The minimum atomic E-state index is -0.445. The monoisotopic (exact) mass is 524 g/mol. The molecule has 2 heterocycles. The topological polar surface area (TPSA) is 76.2 Å². The number of thioether (sulfide) groups is 1. The van der Waals surface area contributed by atoms with Crippen molar-refractivity contribution in [1.82, 2.24) is 9.80 Å². The lowest BCUT2D eigenvalue weighted by Gasteiger charge is -2.31. The minimum Gasteiger partial charge on any atom is -0.490 e. The molecule has 2 fully saturated rings. The Balaban J connectivity index is 1.75. The summed E-state index contributed by atoms with van der Waals surface area (Å²) in [6.07, 6.45) is 4.40. The number of likely N-dealkylation sites (tertiary alicyclic amines) is 1. The SMILES string of the molecule is CCCOc1c(Br)cc(/C=C2\SC(=O)N(CC(=O)N3CCC(C)CC3)C2=O)cc1OCC. The van der Waals surface area contributed by atoms with Gasteiger partial charge in [-0.2, -0.15) is 0 Å². The summed E-state index contributed by atoms with van der Waals surface area (Å²) in [5, 5.41) is -0.424. The quantitative estimate of drug-likeness (QED) is 0.448. The lowest BCUT2D eigenvalue weighted by Crippen LogP contribution is -2.45. The van der Waals surface area contributed by atoms with Gasteiger partial charge in [0.2, 0.25) is 5.91 Å². The Morgan fingerprint density at radius 3 is 2.59 bits per heavy atom. The number of benzene rings is 1. The summed E-state index contributed by atoms with van der Waals surface area (Å²) in [7, 11) is 0. The third kappa shape index (κ3) is 5.86. The number of carbonyl (C=O) groups excluding carboxylic acids is 3. The Morgan fingerprint density at radius 2 is 1.94 bits per heavy atom. The molecule has 0 atom stereocenters. The summed E-state index contributed by atoms with van der Waals surface area (Å²) in [6.45, 7) is 8.23. The fourth-order valence-corrected chi connectivity index (χ4v) is 4.97. The maximum atomic E-state index is 12.9. The highest BCUT2D eigenvalue weighted by molar-refractivity contribution is 9.10. The molecule has 0 saturated carbocycles. The van der Waals surface area contributed by atoms with Crippen molar-refractivity contribution in [2.75, 3.05) is 32.8 Å². The van der Waals surface area contributed by atoms with Gasteiger partial charge in [-0.15, -0.1) is 0 Å². The molecule has 0 radical (unpaired) electrons. The van der Waals surface area contributed by atoms with Crippen molar-refractivity contribution < 1.29 is 23.9 Å². The van der Waals surface area contributed by atoms with Crippen LogP contribution in [0.2, 0.25) is 0 Å². The van der Waals surface area contributed by atoms with Gasteiger partial charge in [0.05, 0.1) is 22.6 Å². The van der Waals surface area contributed by atoms with E-state index in [1.807, 2.05) is 19.9 Å². The Labute approximate surface area is 201 Å². The molecule has 32 heavy (non-hydrogen) atoms. The van der Waals surface area contributed by atoms with Crippen LogP contribution < -0.4 is 9.47 Å². The van der Waals surface area contributed by atoms with E-state index in [2.05, 4.69) is 22.9 Å². The van der Waals surface area contributed by atoms with Crippen molar-refractivity contribution in [2.24, 2.45) is 5.92 Å².